The van der Waals surface area contributed by atoms with Crippen LogP contribution in [0.5, 0.6) is 11.5 Å². The van der Waals surface area contributed by atoms with Crippen LogP contribution in [0.4, 0.5) is 0 Å². The Morgan fingerprint density at radius 2 is 2.07 bits per heavy atom. The molecule has 1 heterocycles. The van der Waals surface area contributed by atoms with Crippen molar-refractivity contribution in [3.63, 3.8) is 0 Å². The van der Waals surface area contributed by atoms with Crippen molar-refractivity contribution >= 4 is 29.1 Å². The molecular formula is C21H23N3O3S. The predicted octanol–water partition coefficient (Wildman–Crippen LogP) is 3.65. The van der Waals surface area contributed by atoms with Gasteiger partial charge in [-0.1, -0.05) is 43.0 Å². The molecule has 0 radical (unpaired) electrons. The van der Waals surface area contributed by atoms with Gasteiger partial charge in [0.1, 0.15) is 11.5 Å². The molecule has 0 aliphatic carbocycles. The third-order valence-electron chi connectivity index (χ3n) is 4.06. The monoisotopic (exact) mass is 397 g/mol. The summed E-state index contributed by atoms with van der Waals surface area (Å²) in [5.74, 6) is 1.49. The first-order valence-electron chi connectivity index (χ1n) is 9.13. The highest BCUT2D eigenvalue weighted by Gasteiger charge is 2.30. The van der Waals surface area contributed by atoms with Crippen molar-refractivity contribution in [2.75, 3.05) is 13.7 Å². The van der Waals surface area contributed by atoms with Crippen LogP contribution >= 0.6 is 11.8 Å². The summed E-state index contributed by atoms with van der Waals surface area (Å²) < 4.78 is 10.9. The van der Waals surface area contributed by atoms with Gasteiger partial charge in [0.25, 0.3) is 0 Å². The number of carbonyl (C=O) groups is 1. The topological polar surface area (TPSA) is 72.3 Å². The molecular weight excluding hydrogens is 374 g/mol. The van der Waals surface area contributed by atoms with Crippen LogP contribution in [0.25, 0.3) is 0 Å². The van der Waals surface area contributed by atoms with Crippen molar-refractivity contribution in [2.24, 2.45) is 10.2 Å². The molecule has 0 saturated carbocycles. The Hall–Kier alpha value is -2.80. The van der Waals surface area contributed by atoms with Gasteiger partial charge < -0.3 is 14.8 Å². The fourth-order valence-electron chi connectivity index (χ4n) is 2.67. The average Bonchev–Trinajstić information content (AvgIpc) is 3.06. The maximum atomic E-state index is 12.2. The maximum absolute atomic E-state index is 12.2. The number of thioether (sulfide) groups is 1. The van der Waals surface area contributed by atoms with Crippen LogP contribution in [0.15, 0.2) is 58.7 Å². The maximum Gasteiger partial charge on any atom is 0.239 e. The number of hydrogen-bond donors (Lipinski definition) is 1. The van der Waals surface area contributed by atoms with Crippen LogP contribution in [0.3, 0.4) is 0 Å². The number of carbonyl (C=O) groups excluding carboxylic acids is 1. The molecule has 2 aromatic rings. The molecule has 0 spiro atoms. The summed E-state index contributed by atoms with van der Waals surface area (Å²) in [4.78, 5) is 12.2. The number of rotatable bonds is 8. The van der Waals surface area contributed by atoms with Gasteiger partial charge in [-0.15, -0.1) is 5.10 Å². The normalized spacial score (nSPS) is 17.9. The number of nitrogens with zero attached hydrogens (tertiary/aromatic N) is 2. The van der Waals surface area contributed by atoms with Gasteiger partial charge in [0.05, 0.1) is 25.2 Å². The number of benzene rings is 2. The van der Waals surface area contributed by atoms with Crippen LogP contribution in [0.1, 0.15) is 24.5 Å². The first-order chi connectivity index (χ1) is 13.7. The van der Waals surface area contributed by atoms with Crippen LogP contribution in [-0.4, -0.2) is 36.3 Å². The lowest BCUT2D eigenvalue weighted by Gasteiger charge is -2.07. The summed E-state index contributed by atoms with van der Waals surface area (Å²) >= 11 is 1.38. The zero-order valence-corrected chi connectivity index (χ0v) is 16.7. The first-order valence-corrected chi connectivity index (χ1v) is 10.0. The van der Waals surface area contributed by atoms with E-state index in [4.69, 9.17) is 9.47 Å². The molecule has 1 aliphatic heterocycles. The van der Waals surface area contributed by atoms with Gasteiger partial charge in [0.2, 0.25) is 5.91 Å². The van der Waals surface area contributed by atoms with Crippen LogP contribution in [-0.2, 0) is 11.2 Å². The minimum Gasteiger partial charge on any atom is -0.497 e. The van der Waals surface area contributed by atoms with E-state index in [2.05, 4.69) is 22.4 Å². The van der Waals surface area contributed by atoms with E-state index < -0.39 is 0 Å². The minimum absolute atomic E-state index is 0.0616. The van der Waals surface area contributed by atoms with Gasteiger partial charge in [-0.05, 0) is 42.7 Å². The lowest BCUT2D eigenvalue weighted by Crippen LogP contribution is -2.25. The summed E-state index contributed by atoms with van der Waals surface area (Å²) in [6, 6.07) is 15.4. The molecule has 6 nitrogen and oxygen atoms in total. The molecule has 28 heavy (non-hydrogen) atoms. The Balaban J connectivity index is 1.63. The zero-order chi connectivity index (χ0) is 19.8. The molecule has 7 heteroatoms. The van der Waals surface area contributed by atoms with Gasteiger partial charge in [0, 0.05) is 5.56 Å². The molecule has 0 aromatic heterocycles. The van der Waals surface area contributed by atoms with E-state index in [1.54, 1.807) is 13.3 Å². The fraction of sp³-hybridized carbons (Fsp3) is 0.286. The van der Waals surface area contributed by atoms with E-state index in [9.17, 15) is 4.79 Å². The van der Waals surface area contributed by atoms with Crippen molar-refractivity contribution in [3.05, 3.63) is 59.7 Å². The van der Waals surface area contributed by atoms with Crippen molar-refractivity contribution < 1.29 is 14.3 Å². The van der Waals surface area contributed by atoms with E-state index in [-0.39, 0.29) is 11.2 Å². The Labute approximate surface area is 169 Å². The van der Waals surface area contributed by atoms with Crippen LogP contribution < -0.4 is 14.8 Å². The summed E-state index contributed by atoms with van der Waals surface area (Å²) in [6.45, 7) is 2.71. The van der Waals surface area contributed by atoms with Crippen molar-refractivity contribution in [3.8, 4) is 11.5 Å². The number of hydrogen-bond acceptors (Lipinski definition) is 6. The third kappa shape index (κ3) is 5.36. The molecule has 3 rings (SSSR count). The Morgan fingerprint density at radius 1 is 1.21 bits per heavy atom. The second-order valence-electron chi connectivity index (χ2n) is 6.19. The summed E-state index contributed by atoms with van der Waals surface area (Å²) in [5.41, 5.74) is 1.89. The smallest absolute Gasteiger partial charge is 0.239 e. The number of amides is 1. The van der Waals surface area contributed by atoms with E-state index >= 15 is 0 Å². The number of amidine groups is 1. The Bertz CT molecular complexity index is 883. The standard InChI is InChI=1S/C21H23N3O3S/c1-3-11-27-18-10-5-4-8-16(18)14-22-24-21-23-20(25)19(28-21)13-15-7-6-9-17(12-15)26-2/h4-10,12,14,19H,3,11,13H2,1-2H3,(H,23,24,25)/b22-14-/t19-/m0/s1. The molecule has 1 aliphatic rings. The van der Waals surface area contributed by atoms with E-state index in [0.29, 0.717) is 18.2 Å². The second kappa shape index (κ2) is 9.94. The lowest BCUT2D eigenvalue weighted by atomic mass is 10.1. The van der Waals surface area contributed by atoms with Gasteiger partial charge in [-0.3, -0.25) is 4.79 Å². The van der Waals surface area contributed by atoms with Crippen LogP contribution in [0.2, 0.25) is 0 Å². The van der Waals surface area contributed by atoms with Gasteiger partial charge in [0.15, 0.2) is 5.17 Å². The van der Waals surface area contributed by atoms with Gasteiger partial charge in [-0.25, -0.2) is 0 Å². The highest BCUT2D eigenvalue weighted by atomic mass is 32.2. The largest absolute Gasteiger partial charge is 0.497 e. The second-order valence-corrected chi connectivity index (χ2v) is 7.38. The summed E-state index contributed by atoms with van der Waals surface area (Å²) in [5, 5.41) is 11.3. The number of methoxy groups -OCH3 is 1. The predicted molar refractivity (Wildman–Crippen MR) is 113 cm³/mol. The number of para-hydroxylation sites is 1. The molecule has 0 bridgehead atoms. The zero-order valence-electron chi connectivity index (χ0n) is 15.9. The number of ether oxygens (including phenoxy) is 2. The SMILES string of the molecule is CCCOc1ccccc1/C=N\N=C1/NC(=O)[C@H](Cc2cccc(OC)c2)S1. The molecule has 1 N–H and O–H groups in total. The highest BCUT2D eigenvalue weighted by Crippen LogP contribution is 2.25. The van der Waals surface area contributed by atoms with Gasteiger partial charge >= 0.3 is 0 Å². The molecule has 1 atom stereocenters. The fourth-order valence-corrected chi connectivity index (χ4v) is 3.64. The Kier molecular flexibility index (Phi) is 7.08. The third-order valence-corrected chi connectivity index (χ3v) is 5.13. The van der Waals surface area contributed by atoms with Crippen molar-refractivity contribution in [2.45, 2.75) is 25.0 Å². The lowest BCUT2D eigenvalue weighted by molar-refractivity contribution is -0.118. The van der Waals surface area contributed by atoms with Crippen molar-refractivity contribution in [1.29, 1.82) is 0 Å². The van der Waals surface area contributed by atoms with Gasteiger partial charge in [-0.2, -0.15) is 5.10 Å². The quantitative estimate of drug-likeness (QED) is 0.545. The molecule has 1 amide bonds. The van der Waals surface area contributed by atoms with E-state index in [1.807, 2.05) is 48.5 Å². The molecule has 0 unspecified atom stereocenters. The molecule has 1 saturated heterocycles. The van der Waals surface area contributed by atoms with E-state index in [1.165, 1.54) is 11.8 Å². The van der Waals surface area contributed by atoms with Crippen molar-refractivity contribution in [1.82, 2.24) is 5.32 Å². The highest BCUT2D eigenvalue weighted by molar-refractivity contribution is 8.15. The average molecular weight is 398 g/mol. The van der Waals surface area contributed by atoms with E-state index in [0.717, 1.165) is 29.0 Å². The van der Waals surface area contributed by atoms with Crippen LogP contribution in [0, 0.1) is 0 Å². The molecule has 2 aromatic carbocycles. The molecule has 1 fully saturated rings. The summed E-state index contributed by atoms with van der Waals surface area (Å²) in [6.07, 6.45) is 3.18. The molecule has 146 valence electrons. The number of nitrogens with one attached hydrogen (secondary N) is 1. The Morgan fingerprint density at radius 3 is 2.89 bits per heavy atom. The minimum atomic E-state index is -0.235. The summed E-state index contributed by atoms with van der Waals surface area (Å²) in [7, 11) is 1.63. The first kappa shape index (κ1) is 19.9.